The molecule has 0 bridgehead atoms. The van der Waals surface area contributed by atoms with Gasteiger partial charge in [-0.05, 0) is 5.56 Å². The second kappa shape index (κ2) is 7.69. The Morgan fingerprint density at radius 1 is 1.25 bits per heavy atom. The Hall–Kier alpha value is -1.82. The minimum Gasteiger partial charge on any atom is -0.480 e. The van der Waals surface area contributed by atoms with Crippen LogP contribution in [0.4, 0.5) is 0 Å². The third-order valence-corrected chi connectivity index (χ3v) is 3.18. The maximum absolute atomic E-state index is 12.0. The first-order valence-corrected chi connectivity index (χ1v) is 6.75. The molecule has 0 spiro atoms. The molecule has 0 radical (unpaired) electrons. The first kappa shape index (κ1) is 16.2. The van der Waals surface area contributed by atoms with E-state index in [0.717, 1.165) is 10.5 Å². The molecule has 0 aliphatic rings. The Kier molecular flexibility index (Phi) is 6.24. The summed E-state index contributed by atoms with van der Waals surface area (Å²) >= 11 is 3.92. The van der Waals surface area contributed by atoms with Crippen molar-refractivity contribution < 1.29 is 19.5 Å². The molecule has 0 fully saturated rings. The lowest BCUT2D eigenvalue weighted by molar-refractivity contribution is -0.149. The summed E-state index contributed by atoms with van der Waals surface area (Å²) < 4.78 is 0. The number of carbonyl (C=O) groups is 3. The van der Waals surface area contributed by atoms with Gasteiger partial charge >= 0.3 is 5.97 Å². The number of ketones is 1. The van der Waals surface area contributed by atoms with Crippen molar-refractivity contribution in [1.29, 1.82) is 0 Å². The van der Waals surface area contributed by atoms with Gasteiger partial charge in [0.1, 0.15) is 6.04 Å². The van der Waals surface area contributed by atoms with Crippen LogP contribution >= 0.6 is 12.6 Å². The number of carboxylic acids is 1. The van der Waals surface area contributed by atoms with Gasteiger partial charge in [-0.15, -0.1) is 0 Å². The highest BCUT2D eigenvalue weighted by molar-refractivity contribution is 7.80. The average Bonchev–Trinajstić information content (AvgIpc) is 2.39. The molecular formula is C14H17NO4S. The van der Waals surface area contributed by atoms with Crippen molar-refractivity contribution in [2.75, 3.05) is 12.3 Å². The van der Waals surface area contributed by atoms with Crippen molar-refractivity contribution in [2.45, 2.75) is 19.4 Å². The summed E-state index contributed by atoms with van der Waals surface area (Å²) in [7, 11) is 0. The van der Waals surface area contributed by atoms with Crippen molar-refractivity contribution in [3.63, 3.8) is 0 Å². The van der Waals surface area contributed by atoms with E-state index in [4.69, 9.17) is 5.11 Å². The van der Waals surface area contributed by atoms with Crippen LogP contribution in [0.15, 0.2) is 30.3 Å². The smallest absolute Gasteiger partial charge is 0.327 e. The highest BCUT2D eigenvalue weighted by Gasteiger charge is 2.27. The molecule has 1 rings (SSSR count). The van der Waals surface area contributed by atoms with E-state index in [0.29, 0.717) is 0 Å². The molecule has 0 aliphatic heterocycles. The minimum atomic E-state index is -1.16. The van der Waals surface area contributed by atoms with Gasteiger partial charge in [0, 0.05) is 19.1 Å². The van der Waals surface area contributed by atoms with Crippen molar-refractivity contribution in [3.05, 3.63) is 35.9 Å². The van der Waals surface area contributed by atoms with Crippen LogP contribution in [0.25, 0.3) is 0 Å². The van der Waals surface area contributed by atoms with Crippen molar-refractivity contribution >= 4 is 30.3 Å². The highest BCUT2D eigenvalue weighted by Crippen LogP contribution is 2.06. The minimum absolute atomic E-state index is 0.0342. The molecule has 6 heteroatoms. The second-order valence-corrected chi connectivity index (χ2v) is 4.75. The van der Waals surface area contributed by atoms with Gasteiger partial charge in [0.15, 0.2) is 5.78 Å². The number of carboxylic acid groups (broad SMARTS) is 1. The first-order valence-electron chi connectivity index (χ1n) is 6.12. The molecule has 1 N–H and O–H groups in total. The Balaban J connectivity index is 2.73. The molecule has 1 aromatic carbocycles. The molecule has 1 atom stereocenters. The monoisotopic (exact) mass is 295 g/mol. The SMILES string of the molecule is CC(=O)N(CC(=O)Cc1ccccc1)[C@H](CS)C(=O)O. The highest BCUT2D eigenvalue weighted by atomic mass is 32.1. The molecule has 1 aromatic rings. The molecule has 0 aromatic heterocycles. The van der Waals surface area contributed by atoms with Gasteiger partial charge in [0.25, 0.3) is 0 Å². The van der Waals surface area contributed by atoms with E-state index >= 15 is 0 Å². The summed E-state index contributed by atoms with van der Waals surface area (Å²) in [5, 5.41) is 9.04. The number of rotatable bonds is 7. The van der Waals surface area contributed by atoms with Gasteiger partial charge < -0.3 is 10.0 Å². The Bertz CT molecular complexity index is 489. The van der Waals surface area contributed by atoms with E-state index in [2.05, 4.69) is 12.6 Å². The number of hydrogen-bond donors (Lipinski definition) is 2. The number of thiol groups is 1. The largest absolute Gasteiger partial charge is 0.480 e. The number of hydrogen-bond acceptors (Lipinski definition) is 4. The van der Waals surface area contributed by atoms with Crippen LogP contribution in [0, 0.1) is 0 Å². The van der Waals surface area contributed by atoms with Crippen LogP contribution < -0.4 is 0 Å². The number of Topliss-reactive ketones (excluding diaryl/α,β-unsaturated/α-hetero) is 1. The summed E-state index contributed by atoms with van der Waals surface area (Å²) in [5.41, 5.74) is 0.832. The second-order valence-electron chi connectivity index (χ2n) is 4.38. The van der Waals surface area contributed by atoms with Crippen molar-refractivity contribution in [1.82, 2.24) is 4.90 Å². The predicted molar refractivity (Wildman–Crippen MR) is 77.8 cm³/mol. The van der Waals surface area contributed by atoms with Crippen LogP contribution in [0.1, 0.15) is 12.5 Å². The summed E-state index contributed by atoms with van der Waals surface area (Å²) in [5.74, 6) is -1.86. The molecular weight excluding hydrogens is 278 g/mol. The van der Waals surface area contributed by atoms with E-state index in [-0.39, 0.29) is 24.5 Å². The molecule has 108 valence electrons. The number of amides is 1. The lowest BCUT2D eigenvalue weighted by Crippen LogP contribution is -2.48. The molecule has 1 amide bonds. The van der Waals surface area contributed by atoms with Crippen molar-refractivity contribution in [2.24, 2.45) is 0 Å². The molecule has 0 aliphatic carbocycles. The Morgan fingerprint density at radius 2 is 1.85 bits per heavy atom. The summed E-state index contributed by atoms with van der Waals surface area (Å²) in [6, 6.07) is 8.01. The van der Waals surface area contributed by atoms with E-state index in [9.17, 15) is 14.4 Å². The number of nitrogens with zero attached hydrogens (tertiary/aromatic N) is 1. The van der Waals surface area contributed by atoms with Gasteiger partial charge in [-0.3, -0.25) is 9.59 Å². The van der Waals surface area contributed by atoms with Gasteiger partial charge in [0.05, 0.1) is 6.54 Å². The Labute approximate surface area is 123 Å². The first-order chi connectivity index (χ1) is 9.45. The third kappa shape index (κ3) is 4.70. The van der Waals surface area contributed by atoms with Crippen LogP contribution in [-0.2, 0) is 20.8 Å². The maximum Gasteiger partial charge on any atom is 0.327 e. The number of benzene rings is 1. The van der Waals surface area contributed by atoms with Crippen LogP contribution in [0.3, 0.4) is 0 Å². The molecule has 0 heterocycles. The van der Waals surface area contributed by atoms with Gasteiger partial charge in [0.2, 0.25) is 5.91 Å². The molecule has 5 nitrogen and oxygen atoms in total. The fraction of sp³-hybridized carbons (Fsp3) is 0.357. The summed E-state index contributed by atoms with van der Waals surface area (Å²) in [6.45, 7) is 1.02. The summed E-state index contributed by atoms with van der Waals surface area (Å²) in [6.07, 6.45) is 0.170. The maximum atomic E-state index is 12.0. The van der Waals surface area contributed by atoms with E-state index in [1.165, 1.54) is 6.92 Å². The fourth-order valence-electron chi connectivity index (χ4n) is 1.82. The zero-order chi connectivity index (χ0) is 15.1. The van der Waals surface area contributed by atoms with Gasteiger partial charge in [-0.2, -0.15) is 12.6 Å². The molecule has 0 unspecified atom stereocenters. The lowest BCUT2D eigenvalue weighted by atomic mass is 10.1. The standard InChI is InChI=1S/C14H17NO4S/c1-10(16)15(13(9-20)14(18)19)8-12(17)7-11-5-3-2-4-6-11/h2-6,13,20H,7-9H2,1H3,(H,18,19)/t13-/m1/s1. The third-order valence-electron chi connectivity index (χ3n) is 2.83. The van der Waals surface area contributed by atoms with E-state index in [1.54, 1.807) is 0 Å². The van der Waals surface area contributed by atoms with E-state index < -0.39 is 17.9 Å². The molecule has 0 saturated carbocycles. The van der Waals surface area contributed by atoms with Gasteiger partial charge in [-0.25, -0.2) is 4.79 Å². The van der Waals surface area contributed by atoms with Crippen molar-refractivity contribution in [3.8, 4) is 0 Å². The van der Waals surface area contributed by atoms with Gasteiger partial charge in [-0.1, -0.05) is 30.3 Å². The zero-order valence-corrected chi connectivity index (χ0v) is 12.0. The summed E-state index contributed by atoms with van der Waals surface area (Å²) in [4.78, 5) is 35.6. The van der Waals surface area contributed by atoms with Crippen LogP contribution in [0.2, 0.25) is 0 Å². The lowest BCUT2D eigenvalue weighted by Gasteiger charge is -2.26. The molecule has 0 saturated heterocycles. The topological polar surface area (TPSA) is 74.7 Å². The number of carbonyl (C=O) groups excluding carboxylic acids is 2. The van der Waals surface area contributed by atoms with Crippen LogP contribution in [0.5, 0.6) is 0 Å². The fourth-order valence-corrected chi connectivity index (χ4v) is 2.17. The van der Waals surface area contributed by atoms with Crippen LogP contribution in [-0.4, -0.2) is 46.0 Å². The normalized spacial score (nSPS) is 11.7. The number of aliphatic carboxylic acids is 1. The quantitative estimate of drug-likeness (QED) is 0.737. The molecule has 20 heavy (non-hydrogen) atoms. The van der Waals surface area contributed by atoms with E-state index in [1.807, 2.05) is 30.3 Å². The predicted octanol–water partition coefficient (Wildman–Crippen LogP) is 1.03. The average molecular weight is 295 g/mol. The zero-order valence-electron chi connectivity index (χ0n) is 11.2. The Morgan fingerprint density at radius 3 is 2.30 bits per heavy atom.